The van der Waals surface area contributed by atoms with E-state index < -0.39 is 27.3 Å². The van der Waals surface area contributed by atoms with E-state index in [1.165, 1.54) is 0 Å². The normalized spacial score (nSPS) is 13.5. The maximum absolute atomic E-state index is 11.7. The maximum atomic E-state index is 11.7. The predicted octanol–water partition coefficient (Wildman–Crippen LogP) is 5.81. The van der Waals surface area contributed by atoms with Gasteiger partial charge in [-0.2, -0.15) is 0 Å². The molecule has 0 saturated carbocycles. The summed E-state index contributed by atoms with van der Waals surface area (Å²) in [5.74, 6) is -0.0975. The van der Waals surface area contributed by atoms with Crippen molar-refractivity contribution in [2.24, 2.45) is 5.14 Å². The zero-order valence-corrected chi connectivity index (χ0v) is 24.0. The maximum Gasteiger partial charge on any atom is 0.211 e. The molecule has 1 heterocycles. The molecule has 5 aromatic rings. The molecule has 8 heteroatoms. The third-order valence-corrected chi connectivity index (χ3v) is 8.47. The first kappa shape index (κ1) is 28.8. The quantitative estimate of drug-likeness (QED) is 0.170. The van der Waals surface area contributed by atoms with Gasteiger partial charge in [0.05, 0.1) is 17.6 Å². The number of aliphatic hydroxyl groups is 1. The van der Waals surface area contributed by atoms with E-state index in [1.54, 1.807) is 0 Å². The van der Waals surface area contributed by atoms with Crippen LogP contribution in [-0.4, -0.2) is 35.3 Å². The fraction of sp³-hybridized carbons (Fsp3) is 0.182. The van der Waals surface area contributed by atoms with Crippen LogP contribution >= 0.6 is 11.6 Å². The molecule has 2 atom stereocenters. The average molecular weight is 586 g/mol. The van der Waals surface area contributed by atoms with Crippen LogP contribution < -0.4 is 5.14 Å². The minimum absolute atomic E-state index is 0.165. The number of primary sulfonamides is 1. The molecule has 0 aliphatic rings. The number of halogens is 1. The van der Waals surface area contributed by atoms with Crippen LogP contribution in [0.1, 0.15) is 46.1 Å². The zero-order valence-electron chi connectivity index (χ0n) is 22.4. The SMILES string of the molecule is NS(=O)(=O)CC(O)CC(Cc1ccc(Cl)cc1)c1c[nH]c(C(c2ccccc2)(c2ccccc2)c2ccccc2)n1. The van der Waals surface area contributed by atoms with Gasteiger partial charge in [-0.25, -0.2) is 18.5 Å². The van der Waals surface area contributed by atoms with Gasteiger partial charge in [-0.3, -0.25) is 0 Å². The van der Waals surface area contributed by atoms with Crippen molar-refractivity contribution in [2.45, 2.75) is 30.3 Å². The van der Waals surface area contributed by atoms with Crippen LogP contribution in [-0.2, 0) is 21.9 Å². The molecule has 0 aliphatic carbocycles. The second-order valence-corrected chi connectivity index (χ2v) is 12.4. The number of nitrogens with one attached hydrogen (secondary N) is 1. The molecule has 1 aromatic heterocycles. The summed E-state index contributed by atoms with van der Waals surface area (Å²) in [6, 6.07) is 38.2. The number of H-pyrrole nitrogens is 1. The van der Waals surface area contributed by atoms with Crippen molar-refractivity contribution in [3.63, 3.8) is 0 Å². The van der Waals surface area contributed by atoms with E-state index in [-0.39, 0.29) is 12.3 Å². The summed E-state index contributed by atoms with van der Waals surface area (Å²) < 4.78 is 23.5. The molecular weight excluding hydrogens is 554 g/mol. The van der Waals surface area contributed by atoms with Gasteiger partial charge in [0.1, 0.15) is 11.2 Å². The lowest BCUT2D eigenvalue weighted by Gasteiger charge is -2.34. The van der Waals surface area contributed by atoms with Crippen LogP contribution in [0.3, 0.4) is 0 Å². The third kappa shape index (κ3) is 6.60. The minimum Gasteiger partial charge on any atom is -0.392 e. The minimum atomic E-state index is -3.85. The number of aromatic amines is 1. The molecule has 0 aliphatic heterocycles. The lowest BCUT2D eigenvalue weighted by Crippen LogP contribution is -2.32. The Morgan fingerprint density at radius 2 is 1.29 bits per heavy atom. The summed E-state index contributed by atoms with van der Waals surface area (Å²) in [6.07, 6.45) is 1.41. The molecule has 210 valence electrons. The first-order chi connectivity index (χ1) is 19.8. The molecule has 0 saturated heterocycles. The summed E-state index contributed by atoms with van der Waals surface area (Å²) >= 11 is 6.11. The average Bonchev–Trinajstić information content (AvgIpc) is 3.46. The van der Waals surface area contributed by atoms with Gasteiger partial charge in [0.15, 0.2) is 0 Å². The molecule has 0 bridgehead atoms. The van der Waals surface area contributed by atoms with E-state index >= 15 is 0 Å². The Balaban J connectivity index is 1.65. The number of nitrogens with two attached hydrogens (primary N) is 1. The van der Waals surface area contributed by atoms with Crippen LogP contribution in [0.4, 0.5) is 0 Å². The summed E-state index contributed by atoms with van der Waals surface area (Å²) in [5, 5.41) is 16.6. The van der Waals surface area contributed by atoms with Crippen molar-refractivity contribution in [3.05, 3.63) is 160 Å². The predicted molar refractivity (Wildman–Crippen MR) is 163 cm³/mol. The molecule has 4 N–H and O–H groups in total. The first-order valence-electron chi connectivity index (χ1n) is 13.4. The van der Waals surface area contributed by atoms with Crippen LogP contribution in [0.2, 0.25) is 5.02 Å². The van der Waals surface area contributed by atoms with E-state index in [4.69, 9.17) is 21.7 Å². The number of aromatic nitrogens is 2. The molecule has 2 unspecified atom stereocenters. The molecule has 4 aromatic carbocycles. The largest absolute Gasteiger partial charge is 0.392 e. The van der Waals surface area contributed by atoms with Gasteiger partial charge >= 0.3 is 0 Å². The second kappa shape index (κ2) is 12.4. The van der Waals surface area contributed by atoms with Gasteiger partial charge in [-0.15, -0.1) is 0 Å². The number of nitrogens with zero attached hydrogens (tertiary/aromatic N) is 1. The van der Waals surface area contributed by atoms with E-state index in [0.717, 1.165) is 33.8 Å². The highest BCUT2D eigenvalue weighted by Crippen LogP contribution is 2.44. The lowest BCUT2D eigenvalue weighted by molar-refractivity contribution is 0.175. The highest BCUT2D eigenvalue weighted by molar-refractivity contribution is 7.89. The van der Waals surface area contributed by atoms with Gasteiger partial charge in [0, 0.05) is 17.1 Å². The molecule has 5 rings (SSSR count). The summed E-state index contributed by atoms with van der Waals surface area (Å²) in [7, 11) is -3.85. The summed E-state index contributed by atoms with van der Waals surface area (Å²) in [4.78, 5) is 8.68. The van der Waals surface area contributed by atoms with E-state index in [2.05, 4.69) is 41.4 Å². The van der Waals surface area contributed by atoms with Gasteiger partial charge < -0.3 is 10.1 Å². The summed E-state index contributed by atoms with van der Waals surface area (Å²) in [5.41, 5.74) is 4.08. The van der Waals surface area contributed by atoms with Crippen molar-refractivity contribution in [1.29, 1.82) is 0 Å². The van der Waals surface area contributed by atoms with Gasteiger partial charge in [0.2, 0.25) is 10.0 Å². The fourth-order valence-corrected chi connectivity index (χ4v) is 6.39. The molecule has 0 spiro atoms. The van der Waals surface area contributed by atoms with Gasteiger partial charge in [-0.1, -0.05) is 115 Å². The first-order valence-corrected chi connectivity index (χ1v) is 15.5. The number of aliphatic hydroxyl groups excluding tert-OH is 1. The van der Waals surface area contributed by atoms with Crippen LogP contribution in [0.5, 0.6) is 0 Å². The Hall–Kier alpha value is -3.75. The number of rotatable bonds is 11. The molecule has 6 nitrogen and oxygen atoms in total. The fourth-order valence-electron chi connectivity index (χ4n) is 5.59. The molecular formula is C33H32ClN3O3S. The van der Waals surface area contributed by atoms with Crippen LogP contribution in [0.25, 0.3) is 0 Å². The number of benzene rings is 4. The lowest BCUT2D eigenvalue weighted by atomic mass is 9.69. The standard InChI is InChI=1S/C33H32ClN3O3S/c34-29-18-16-24(17-19-29)20-25(21-30(38)23-41(35,39)40)31-22-36-32(37-31)33(26-10-4-1-5-11-26,27-12-6-2-7-13-27)28-14-8-3-9-15-28/h1-19,22,25,30,38H,20-21,23H2,(H,36,37)(H2,35,39,40). The Bertz CT molecular complexity index is 1560. The molecule has 41 heavy (non-hydrogen) atoms. The number of hydrogen-bond acceptors (Lipinski definition) is 4. The van der Waals surface area contributed by atoms with Crippen molar-refractivity contribution in [2.75, 3.05) is 5.75 Å². The Morgan fingerprint density at radius 1 is 0.805 bits per heavy atom. The van der Waals surface area contributed by atoms with Crippen LogP contribution in [0.15, 0.2) is 121 Å². The number of imidazole rings is 1. The molecule has 0 amide bonds. The number of hydrogen-bond donors (Lipinski definition) is 3. The van der Waals surface area contributed by atoms with Crippen molar-refractivity contribution < 1.29 is 13.5 Å². The van der Waals surface area contributed by atoms with Crippen molar-refractivity contribution >= 4 is 21.6 Å². The Morgan fingerprint density at radius 3 is 1.76 bits per heavy atom. The highest BCUT2D eigenvalue weighted by Gasteiger charge is 2.41. The zero-order chi connectivity index (χ0) is 28.9. The second-order valence-electron chi connectivity index (χ2n) is 10.3. The van der Waals surface area contributed by atoms with Crippen molar-refractivity contribution in [3.8, 4) is 0 Å². The van der Waals surface area contributed by atoms with Gasteiger partial charge in [0.25, 0.3) is 0 Å². The van der Waals surface area contributed by atoms with E-state index in [9.17, 15) is 13.5 Å². The Labute approximate surface area is 245 Å². The van der Waals surface area contributed by atoms with Crippen molar-refractivity contribution in [1.82, 2.24) is 9.97 Å². The topological polar surface area (TPSA) is 109 Å². The van der Waals surface area contributed by atoms with E-state index in [0.29, 0.717) is 11.4 Å². The number of sulfonamides is 1. The summed E-state index contributed by atoms with van der Waals surface area (Å²) in [6.45, 7) is 0. The smallest absolute Gasteiger partial charge is 0.211 e. The Kier molecular flexibility index (Phi) is 8.71. The third-order valence-electron chi connectivity index (χ3n) is 7.37. The molecule has 0 radical (unpaired) electrons. The van der Waals surface area contributed by atoms with Gasteiger partial charge in [-0.05, 0) is 47.2 Å². The highest BCUT2D eigenvalue weighted by atomic mass is 35.5. The monoisotopic (exact) mass is 585 g/mol. The van der Waals surface area contributed by atoms with E-state index in [1.807, 2.05) is 85.1 Å². The van der Waals surface area contributed by atoms with Crippen LogP contribution in [0, 0.1) is 0 Å². The molecule has 0 fully saturated rings.